The Morgan fingerprint density at radius 3 is 2.21 bits per heavy atom. The van der Waals surface area contributed by atoms with Crippen LogP contribution < -0.4 is 0 Å². The quantitative estimate of drug-likeness (QED) is 0.199. The average molecular weight is 460 g/mol. The lowest BCUT2D eigenvalue weighted by Crippen LogP contribution is -2.46. The van der Waals surface area contributed by atoms with Crippen molar-refractivity contribution in [2.75, 3.05) is 0 Å². The molecule has 0 aromatic carbocycles. The van der Waals surface area contributed by atoms with E-state index in [0.717, 1.165) is 5.57 Å². The summed E-state index contributed by atoms with van der Waals surface area (Å²) in [5, 5.41) is 14.1. The Morgan fingerprint density at radius 2 is 1.79 bits per heavy atom. The molecular formula is C27H41NO5. The molecule has 4 unspecified atom stereocenters. The standard InChI is InChI=1S/C27H41NO5/c1-10-19(26(8,9)32)25(6,7)17-14-27(12-11-15(2)3)23(30)20(17)22(28-33)21(24(27)31)18(29)13-16(4)5/h11,16-17,19-20,32H,10,12-14H2,1-9H3. The molecule has 4 atom stereocenters. The van der Waals surface area contributed by atoms with Gasteiger partial charge in [-0.25, -0.2) is 0 Å². The maximum atomic E-state index is 13.9. The number of nitroso groups, excluding NO2 is 1. The molecule has 0 amide bonds. The minimum Gasteiger partial charge on any atom is -0.390 e. The lowest BCUT2D eigenvalue weighted by molar-refractivity contribution is -0.139. The zero-order valence-electron chi connectivity index (χ0n) is 21.7. The van der Waals surface area contributed by atoms with E-state index in [2.05, 4.69) is 5.18 Å². The van der Waals surface area contributed by atoms with Gasteiger partial charge in [-0.05, 0) is 68.9 Å². The first-order valence-corrected chi connectivity index (χ1v) is 12.1. The van der Waals surface area contributed by atoms with Gasteiger partial charge in [0.1, 0.15) is 5.70 Å². The Labute approximate surface area is 198 Å². The molecule has 184 valence electrons. The molecule has 1 N–H and O–H groups in total. The van der Waals surface area contributed by atoms with E-state index in [0.29, 0.717) is 6.42 Å². The van der Waals surface area contributed by atoms with E-state index in [9.17, 15) is 24.4 Å². The molecule has 0 aromatic heterocycles. The molecule has 6 heteroatoms. The van der Waals surface area contributed by atoms with E-state index in [1.165, 1.54) is 0 Å². The Hall–Kier alpha value is -1.95. The second kappa shape index (κ2) is 9.36. The molecule has 0 spiro atoms. The fourth-order valence-electron chi connectivity index (χ4n) is 6.49. The summed E-state index contributed by atoms with van der Waals surface area (Å²) in [4.78, 5) is 53.0. The number of hydrogen-bond donors (Lipinski definition) is 1. The van der Waals surface area contributed by atoms with Gasteiger partial charge in [0.25, 0.3) is 0 Å². The summed E-state index contributed by atoms with van der Waals surface area (Å²) in [5.41, 5.74) is -2.36. The maximum absolute atomic E-state index is 13.9. The zero-order valence-corrected chi connectivity index (χ0v) is 21.7. The molecule has 1 saturated carbocycles. The van der Waals surface area contributed by atoms with Gasteiger partial charge in [-0.15, -0.1) is 4.91 Å². The normalized spacial score (nSPS) is 26.6. The zero-order chi connectivity index (χ0) is 25.5. The first kappa shape index (κ1) is 27.3. The van der Waals surface area contributed by atoms with E-state index >= 15 is 0 Å². The average Bonchev–Trinajstić information content (AvgIpc) is 2.89. The molecule has 6 nitrogen and oxygen atoms in total. The number of Topliss-reactive ketones (excluding diaryl/α,β-unsaturated/α-hetero) is 3. The summed E-state index contributed by atoms with van der Waals surface area (Å²) < 4.78 is 0. The van der Waals surface area contributed by atoms with E-state index in [-0.39, 0.29) is 48.2 Å². The second-order valence-corrected chi connectivity index (χ2v) is 11.9. The van der Waals surface area contributed by atoms with Crippen LogP contribution in [0.15, 0.2) is 28.1 Å². The van der Waals surface area contributed by atoms with Crippen LogP contribution in [0.5, 0.6) is 0 Å². The molecule has 0 radical (unpaired) electrons. The number of aliphatic hydroxyl groups is 1. The minimum atomic E-state index is -1.36. The number of ketones is 3. The largest absolute Gasteiger partial charge is 0.390 e. The van der Waals surface area contributed by atoms with E-state index in [1.54, 1.807) is 13.8 Å². The van der Waals surface area contributed by atoms with Crippen molar-refractivity contribution in [2.45, 2.75) is 93.6 Å². The monoisotopic (exact) mass is 459 g/mol. The van der Waals surface area contributed by atoms with Crippen LogP contribution in [0.1, 0.15) is 88.0 Å². The number of hydrogen-bond acceptors (Lipinski definition) is 6. The van der Waals surface area contributed by atoms with Crippen LogP contribution in [-0.4, -0.2) is 28.1 Å². The maximum Gasteiger partial charge on any atom is 0.182 e. The van der Waals surface area contributed by atoms with Gasteiger partial charge < -0.3 is 5.11 Å². The summed E-state index contributed by atoms with van der Waals surface area (Å²) in [7, 11) is 0. The van der Waals surface area contributed by atoms with Gasteiger partial charge in [0.15, 0.2) is 17.3 Å². The Balaban J connectivity index is 2.79. The topological polar surface area (TPSA) is 101 Å². The molecule has 2 rings (SSSR count). The third-order valence-corrected chi connectivity index (χ3v) is 7.88. The van der Waals surface area contributed by atoms with Gasteiger partial charge in [-0.2, -0.15) is 0 Å². The van der Waals surface area contributed by atoms with Crippen LogP contribution in [0.3, 0.4) is 0 Å². The molecule has 0 aromatic rings. The van der Waals surface area contributed by atoms with E-state index < -0.39 is 39.8 Å². The summed E-state index contributed by atoms with van der Waals surface area (Å²) in [6.45, 7) is 17.0. The number of rotatable bonds is 10. The fourth-order valence-corrected chi connectivity index (χ4v) is 6.49. The first-order valence-electron chi connectivity index (χ1n) is 12.1. The van der Waals surface area contributed by atoms with Crippen molar-refractivity contribution in [1.29, 1.82) is 0 Å². The molecule has 2 aliphatic carbocycles. The molecule has 1 fully saturated rings. The molecule has 0 aliphatic heterocycles. The first-order chi connectivity index (χ1) is 15.1. The van der Waals surface area contributed by atoms with Crippen molar-refractivity contribution in [1.82, 2.24) is 0 Å². The lowest BCUT2D eigenvalue weighted by atomic mass is 9.60. The van der Waals surface area contributed by atoms with Gasteiger partial charge in [-0.3, -0.25) is 14.4 Å². The van der Waals surface area contributed by atoms with Crippen LogP contribution in [0.25, 0.3) is 0 Å². The summed E-state index contributed by atoms with van der Waals surface area (Å²) in [6.07, 6.45) is 3.11. The van der Waals surface area contributed by atoms with Crippen LogP contribution in [0.4, 0.5) is 0 Å². The van der Waals surface area contributed by atoms with Crippen molar-refractivity contribution in [3.63, 3.8) is 0 Å². The van der Waals surface area contributed by atoms with Crippen LogP contribution in [0.2, 0.25) is 0 Å². The van der Waals surface area contributed by atoms with Gasteiger partial charge >= 0.3 is 0 Å². The molecule has 0 saturated heterocycles. The molecule has 33 heavy (non-hydrogen) atoms. The molecule has 2 bridgehead atoms. The summed E-state index contributed by atoms with van der Waals surface area (Å²) in [6, 6.07) is 0. The minimum absolute atomic E-state index is 0.00149. The van der Waals surface area contributed by atoms with E-state index in [4.69, 9.17) is 0 Å². The van der Waals surface area contributed by atoms with Crippen LogP contribution in [0, 0.1) is 39.4 Å². The molecular weight excluding hydrogens is 418 g/mol. The number of carbonyl (C=O) groups is 3. The molecule has 0 heterocycles. The lowest BCUT2D eigenvalue weighted by Gasteiger charge is -2.46. The van der Waals surface area contributed by atoms with Crippen molar-refractivity contribution in [2.24, 2.45) is 39.7 Å². The fraction of sp³-hybridized carbons (Fsp3) is 0.741. The Bertz CT molecular complexity index is 898. The van der Waals surface area contributed by atoms with Crippen molar-refractivity contribution in [3.8, 4) is 0 Å². The third-order valence-electron chi connectivity index (χ3n) is 7.88. The van der Waals surface area contributed by atoms with Crippen molar-refractivity contribution >= 4 is 17.3 Å². The Morgan fingerprint density at radius 1 is 1.21 bits per heavy atom. The number of allylic oxidation sites excluding steroid dienone is 4. The third kappa shape index (κ3) is 4.68. The van der Waals surface area contributed by atoms with Gasteiger partial charge in [0.2, 0.25) is 0 Å². The predicted molar refractivity (Wildman–Crippen MR) is 129 cm³/mol. The van der Waals surface area contributed by atoms with Crippen LogP contribution in [-0.2, 0) is 14.4 Å². The highest BCUT2D eigenvalue weighted by atomic mass is 16.3. The SMILES string of the molecule is CCC(C(C)(C)O)C(C)(C)C1CC2(CC=C(C)C)C(=O)C(C(=O)CC(C)C)=C(N=O)C1C2=O. The second-order valence-electron chi connectivity index (χ2n) is 11.9. The Kier molecular flexibility index (Phi) is 7.74. The highest BCUT2D eigenvalue weighted by molar-refractivity contribution is 6.31. The number of carbonyl (C=O) groups excluding carboxylic acids is 3. The highest BCUT2D eigenvalue weighted by Gasteiger charge is 2.66. The van der Waals surface area contributed by atoms with Gasteiger partial charge in [0, 0.05) is 6.42 Å². The smallest absolute Gasteiger partial charge is 0.182 e. The van der Waals surface area contributed by atoms with Crippen LogP contribution >= 0.6 is 0 Å². The number of fused-ring (bicyclic) bond motifs is 2. The predicted octanol–water partition coefficient (Wildman–Crippen LogP) is 5.58. The molecule has 2 aliphatic rings. The van der Waals surface area contributed by atoms with E-state index in [1.807, 2.05) is 54.5 Å². The van der Waals surface area contributed by atoms with Gasteiger partial charge in [0.05, 0.1) is 22.5 Å². The van der Waals surface area contributed by atoms with Crippen molar-refractivity contribution in [3.05, 3.63) is 27.8 Å². The summed E-state index contributed by atoms with van der Waals surface area (Å²) in [5.74, 6) is -2.75. The van der Waals surface area contributed by atoms with Gasteiger partial charge in [-0.1, -0.05) is 52.7 Å². The number of nitrogens with zero attached hydrogens (tertiary/aromatic N) is 1. The summed E-state index contributed by atoms with van der Waals surface area (Å²) >= 11 is 0. The van der Waals surface area contributed by atoms with Crippen molar-refractivity contribution < 1.29 is 19.5 Å². The highest BCUT2D eigenvalue weighted by Crippen LogP contribution is 2.61.